The second-order valence-electron chi connectivity index (χ2n) is 7.87. The van der Waals surface area contributed by atoms with Crippen LogP contribution >= 0.6 is 0 Å². The molecule has 0 spiro atoms. The molecular weight excluding hydrogens is 382 g/mol. The number of fused-ring (bicyclic) bond motifs is 2. The van der Waals surface area contributed by atoms with Gasteiger partial charge in [-0.15, -0.1) is 0 Å². The zero-order chi connectivity index (χ0) is 21.7. The van der Waals surface area contributed by atoms with Crippen molar-refractivity contribution in [3.8, 4) is 0 Å². The van der Waals surface area contributed by atoms with Gasteiger partial charge in [0.25, 0.3) is 0 Å². The second kappa shape index (κ2) is 9.09. The maximum Gasteiger partial charge on any atom is 0.318 e. The molecule has 0 fully saturated rings. The monoisotopic (exact) mass is 409 g/mol. The summed E-state index contributed by atoms with van der Waals surface area (Å²) in [6, 6.07) is 11.1. The van der Waals surface area contributed by atoms with Gasteiger partial charge in [0.2, 0.25) is 12.8 Å². The summed E-state index contributed by atoms with van der Waals surface area (Å²) in [5.74, 6) is -0.929. The fourth-order valence-electron chi connectivity index (χ4n) is 4.51. The standard InChI is InChI=1S/C23H27N3O4/c1-15(24)10-23(22(29)30)20-6-2-16(11-25-13-27)8-18(20)4-5-19-9-17(12-26-14-28)3-7-21(19)23/h2-3,6-9,13-15H,4-5,10-12,24H2,1H3,(H,25,27)(H,26,28)(H,29,30)/t15-/m0/s1. The number of carbonyl (C=O) groups excluding carboxylic acids is 2. The van der Waals surface area contributed by atoms with Gasteiger partial charge >= 0.3 is 5.97 Å². The molecule has 2 amide bonds. The Morgan fingerprint density at radius 1 is 1.03 bits per heavy atom. The Morgan fingerprint density at radius 3 is 1.87 bits per heavy atom. The Labute approximate surface area is 175 Å². The van der Waals surface area contributed by atoms with Crippen LogP contribution in [0.3, 0.4) is 0 Å². The van der Waals surface area contributed by atoms with Crippen LogP contribution in [0.2, 0.25) is 0 Å². The fourth-order valence-corrected chi connectivity index (χ4v) is 4.51. The number of carboxylic acids is 1. The van der Waals surface area contributed by atoms with Gasteiger partial charge in [0.1, 0.15) is 5.41 Å². The molecule has 1 atom stereocenters. The summed E-state index contributed by atoms with van der Waals surface area (Å²) in [5, 5.41) is 15.8. The molecule has 3 rings (SSSR count). The minimum Gasteiger partial charge on any atom is -0.480 e. The summed E-state index contributed by atoms with van der Waals surface area (Å²) in [6.07, 6.45) is 2.91. The van der Waals surface area contributed by atoms with Crippen LogP contribution in [0.25, 0.3) is 0 Å². The summed E-state index contributed by atoms with van der Waals surface area (Å²) in [6.45, 7) is 2.59. The zero-order valence-corrected chi connectivity index (χ0v) is 17.0. The second-order valence-corrected chi connectivity index (χ2v) is 7.87. The number of aryl methyl sites for hydroxylation is 2. The predicted octanol–water partition coefficient (Wildman–Crippen LogP) is 1.39. The number of hydrogen-bond donors (Lipinski definition) is 4. The molecule has 1 aliphatic rings. The Balaban J connectivity index is 2.19. The highest BCUT2D eigenvalue weighted by molar-refractivity contribution is 5.88. The molecule has 0 unspecified atom stereocenters. The molecule has 7 heteroatoms. The van der Waals surface area contributed by atoms with Crippen molar-refractivity contribution in [3.63, 3.8) is 0 Å². The van der Waals surface area contributed by atoms with Crippen LogP contribution in [0.1, 0.15) is 46.7 Å². The Morgan fingerprint density at radius 2 is 1.50 bits per heavy atom. The Kier molecular flexibility index (Phi) is 6.52. The van der Waals surface area contributed by atoms with Gasteiger partial charge in [-0.1, -0.05) is 36.4 Å². The Hall–Kier alpha value is -3.19. The molecule has 1 aliphatic carbocycles. The van der Waals surface area contributed by atoms with Crippen molar-refractivity contribution >= 4 is 18.8 Å². The number of aliphatic carboxylic acids is 1. The topological polar surface area (TPSA) is 122 Å². The minimum atomic E-state index is -1.26. The molecule has 7 nitrogen and oxygen atoms in total. The van der Waals surface area contributed by atoms with Crippen molar-refractivity contribution in [1.82, 2.24) is 10.6 Å². The summed E-state index contributed by atoms with van der Waals surface area (Å²) in [4.78, 5) is 34.2. The van der Waals surface area contributed by atoms with Crippen LogP contribution in [-0.2, 0) is 45.7 Å². The van der Waals surface area contributed by atoms with Gasteiger partial charge in [0, 0.05) is 19.1 Å². The number of hydrogen-bond acceptors (Lipinski definition) is 4. The first kappa shape index (κ1) is 21.5. The molecule has 0 aromatic heterocycles. The van der Waals surface area contributed by atoms with E-state index in [4.69, 9.17) is 5.73 Å². The quantitative estimate of drug-likeness (QED) is 0.466. The van der Waals surface area contributed by atoms with E-state index in [0.717, 1.165) is 33.4 Å². The highest BCUT2D eigenvalue weighted by Crippen LogP contribution is 2.43. The lowest BCUT2D eigenvalue weighted by molar-refractivity contribution is -0.142. The first-order valence-corrected chi connectivity index (χ1v) is 10.00. The summed E-state index contributed by atoms with van der Waals surface area (Å²) in [7, 11) is 0. The van der Waals surface area contributed by atoms with Crippen molar-refractivity contribution in [3.05, 3.63) is 69.8 Å². The third-order valence-corrected chi connectivity index (χ3v) is 5.69. The Bertz CT molecular complexity index is 892. The summed E-state index contributed by atoms with van der Waals surface area (Å²) < 4.78 is 0. The number of nitrogens with two attached hydrogens (primary N) is 1. The van der Waals surface area contributed by atoms with Crippen LogP contribution in [-0.4, -0.2) is 29.9 Å². The lowest BCUT2D eigenvalue weighted by atomic mass is 9.68. The van der Waals surface area contributed by atoms with Crippen LogP contribution in [0.15, 0.2) is 36.4 Å². The maximum atomic E-state index is 12.8. The first-order valence-electron chi connectivity index (χ1n) is 10.00. The van der Waals surface area contributed by atoms with E-state index >= 15 is 0 Å². The van der Waals surface area contributed by atoms with Crippen LogP contribution < -0.4 is 16.4 Å². The van der Waals surface area contributed by atoms with E-state index in [9.17, 15) is 19.5 Å². The van der Waals surface area contributed by atoms with Crippen LogP contribution in [0.4, 0.5) is 0 Å². The normalized spacial score (nSPS) is 15.1. The molecule has 0 bridgehead atoms. The van der Waals surface area contributed by atoms with Gasteiger partial charge in [-0.25, -0.2) is 0 Å². The van der Waals surface area contributed by atoms with Gasteiger partial charge < -0.3 is 21.5 Å². The van der Waals surface area contributed by atoms with Crippen LogP contribution in [0.5, 0.6) is 0 Å². The van der Waals surface area contributed by atoms with Gasteiger partial charge in [-0.2, -0.15) is 0 Å². The van der Waals surface area contributed by atoms with Crippen molar-refractivity contribution < 1.29 is 19.5 Å². The van der Waals surface area contributed by atoms with Crippen molar-refractivity contribution in [2.24, 2.45) is 5.73 Å². The average Bonchev–Trinajstić information content (AvgIpc) is 2.85. The number of amides is 2. The third-order valence-electron chi connectivity index (χ3n) is 5.69. The number of nitrogens with one attached hydrogen (secondary N) is 2. The van der Waals surface area contributed by atoms with E-state index in [1.54, 1.807) is 0 Å². The molecular formula is C23H27N3O4. The molecule has 158 valence electrons. The summed E-state index contributed by atoms with van der Waals surface area (Å²) >= 11 is 0. The third kappa shape index (κ3) is 4.07. The highest BCUT2D eigenvalue weighted by atomic mass is 16.4. The number of rotatable bonds is 9. The van der Waals surface area contributed by atoms with E-state index < -0.39 is 11.4 Å². The lowest BCUT2D eigenvalue weighted by Gasteiger charge is -2.34. The number of carbonyl (C=O) groups is 3. The van der Waals surface area contributed by atoms with Crippen LogP contribution in [0, 0.1) is 0 Å². The molecule has 0 saturated heterocycles. The highest BCUT2D eigenvalue weighted by Gasteiger charge is 2.46. The first-order chi connectivity index (χ1) is 14.4. The lowest BCUT2D eigenvalue weighted by Crippen LogP contribution is -2.42. The minimum absolute atomic E-state index is 0.264. The summed E-state index contributed by atoms with van der Waals surface area (Å²) in [5.41, 5.74) is 10.1. The molecule has 2 aromatic rings. The largest absolute Gasteiger partial charge is 0.480 e. The smallest absolute Gasteiger partial charge is 0.318 e. The van der Waals surface area contributed by atoms with Crippen molar-refractivity contribution in [1.29, 1.82) is 0 Å². The SMILES string of the molecule is C[C@H](N)CC1(C(=O)O)c2ccc(CNC=O)cc2CCc2cc(CNC=O)ccc21. The van der Waals surface area contributed by atoms with Gasteiger partial charge in [-0.3, -0.25) is 14.4 Å². The fraction of sp³-hybridized carbons (Fsp3) is 0.348. The molecule has 2 aromatic carbocycles. The predicted molar refractivity (Wildman–Crippen MR) is 113 cm³/mol. The molecule has 0 saturated carbocycles. The molecule has 0 aliphatic heterocycles. The van der Waals surface area contributed by atoms with E-state index in [0.29, 0.717) is 38.8 Å². The van der Waals surface area contributed by atoms with Crippen molar-refractivity contribution in [2.45, 2.75) is 50.7 Å². The average molecular weight is 409 g/mol. The van der Waals surface area contributed by atoms with Gasteiger partial charge in [0.05, 0.1) is 0 Å². The van der Waals surface area contributed by atoms with E-state index in [-0.39, 0.29) is 12.5 Å². The molecule has 30 heavy (non-hydrogen) atoms. The zero-order valence-electron chi connectivity index (χ0n) is 17.0. The van der Waals surface area contributed by atoms with Crippen molar-refractivity contribution in [2.75, 3.05) is 0 Å². The molecule has 5 N–H and O–H groups in total. The van der Waals surface area contributed by atoms with E-state index in [1.165, 1.54) is 0 Å². The number of benzene rings is 2. The molecule has 0 heterocycles. The van der Waals surface area contributed by atoms with Gasteiger partial charge in [0.15, 0.2) is 0 Å². The van der Waals surface area contributed by atoms with E-state index in [1.807, 2.05) is 43.3 Å². The molecule has 0 radical (unpaired) electrons. The van der Waals surface area contributed by atoms with Gasteiger partial charge in [-0.05, 0) is 59.6 Å². The number of carboxylic acid groups (broad SMARTS) is 1. The maximum absolute atomic E-state index is 12.8. The van der Waals surface area contributed by atoms with E-state index in [2.05, 4.69) is 10.6 Å².